The van der Waals surface area contributed by atoms with Crippen molar-refractivity contribution in [2.24, 2.45) is 0 Å². The lowest BCUT2D eigenvalue weighted by atomic mass is 10.0. The van der Waals surface area contributed by atoms with Crippen LogP contribution in [-0.4, -0.2) is 75.2 Å². The third-order valence-corrected chi connectivity index (χ3v) is 8.90. The van der Waals surface area contributed by atoms with Gasteiger partial charge in [-0.2, -0.15) is 5.10 Å². The van der Waals surface area contributed by atoms with E-state index in [0.717, 1.165) is 100 Å². The molecule has 2 N–H and O–H groups in total. The van der Waals surface area contributed by atoms with Crippen molar-refractivity contribution < 1.29 is 4.39 Å². The molecule has 0 spiro atoms. The number of rotatable bonds is 13. The van der Waals surface area contributed by atoms with Crippen LogP contribution in [0, 0.1) is 5.82 Å². The number of pyridine rings is 2. The van der Waals surface area contributed by atoms with Crippen molar-refractivity contribution in [2.75, 3.05) is 40.3 Å². The first-order valence-corrected chi connectivity index (χ1v) is 16.4. The van der Waals surface area contributed by atoms with Crippen molar-refractivity contribution in [2.45, 2.75) is 45.4 Å². The molecule has 1 aromatic carbocycles. The first-order valence-electron chi connectivity index (χ1n) is 16.4. The molecular weight excluding hydrogens is 573 g/mol. The number of nitrogens with one attached hydrogen (secondary N) is 2. The molecule has 46 heavy (non-hydrogen) atoms. The number of aryl methyl sites for hydroxylation is 1. The minimum atomic E-state index is -0.245. The molecule has 0 aliphatic carbocycles. The van der Waals surface area contributed by atoms with Crippen molar-refractivity contribution >= 4 is 27.4 Å². The summed E-state index contributed by atoms with van der Waals surface area (Å²) in [5, 5.41) is 9.74. The van der Waals surface area contributed by atoms with Gasteiger partial charge in [-0.1, -0.05) is 18.7 Å². The number of aromatic nitrogens is 5. The van der Waals surface area contributed by atoms with Gasteiger partial charge in [0.1, 0.15) is 11.5 Å². The zero-order chi connectivity index (χ0) is 32.0. The standard InChI is InChI=1S/C38H44FN7/c1-5-26(11-10-18-46-16-7-8-17-46)19-28(6-2)34-23-32-36(25-41-34)43-44-38(32)35-24-31-33(42-35)13-14-40-37(31)29-20-27(21-30(39)22-29)12-9-15-45(3)4/h5-6,13-14,19-25,42H,1,7-12,15-18H2,2-4H3,(H,43,44)/b26-19+,28-6+. The molecule has 0 atom stereocenters. The minimum absolute atomic E-state index is 0.245. The summed E-state index contributed by atoms with van der Waals surface area (Å²) in [6.07, 6.45) is 16.4. The topological polar surface area (TPSA) is 76.7 Å². The van der Waals surface area contributed by atoms with Gasteiger partial charge in [-0.25, -0.2) is 4.39 Å². The zero-order valence-corrected chi connectivity index (χ0v) is 27.2. The fourth-order valence-electron chi connectivity index (χ4n) is 6.47. The average Bonchev–Trinajstić information content (AvgIpc) is 3.81. The highest BCUT2D eigenvalue weighted by Gasteiger charge is 2.17. The van der Waals surface area contributed by atoms with Crippen molar-refractivity contribution in [3.63, 3.8) is 0 Å². The van der Waals surface area contributed by atoms with E-state index in [2.05, 4.69) is 76.0 Å². The quantitative estimate of drug-likeness (QED) is 0.130. The van der Waals surface area contributed by atoms with Gasteiger partial charge in [0.15, 0.2) is 0 Å². The lowest BCUT2D eigenvalue weighted by molar-refractivity contribution is 0.334. The van der Waals surface area contributed by atoms with E-state index in [1.54, 1.807) is 18.3 Å². The SMILES string of the molecule is C=C/C(=C\C(=C/C)c1cc2c(-c3cc4c(-c5cc(F)cc(CCCN(C)C)c5)nccc4[nH]3)n[nH]c2cn1)CCCN1CCCC1. The predicted octanol–water partition coefficient (Wildman–Crippen LogP) is 8.19. The summed E-state index contributed by atoms with van der Waals surface area (Å²) >= 11 is 0. The summed E-state index contributed by atoms with van der Waals surface area (Å²) in [6.45, 7) is 10.7. The van der Waals surface area contributed by atoms with Gasteiger partial charge < -0.3 is 14.8 Å². The highest BCUT2D eigenvalue weighted by molar-refractivity contribution is 6.00. The minimum Gasteiger partial charge on any atom is -0.353 e. The van der Waals surface area contributed by atoms with Crippen LogP contribution in [0.15, 0.2) is 79.2 Å². The van der Waals surface area contributed by atoms with E-state index in [4.69, 9.17) is 9.97 Å². The van der Waals surface area contributed by atoms with Crippen LogP contribution in [0.2, 0.25) is 0 Å². The second kappa shape index (κ2) is 14.4. The number of aromatic amines is 2. The Hall–Kier alpha value is -4.40. The fraction of sp³-hybridized carbons (Fsp3) is 0.342. The van der Waals surface area contributed by atoms with Gasteiger partial charge in [0.05, 0.1) is 28.8 Å². The van der Waals surface area contributed by atoms with Gasteiger partial charge in [-0.3, -0.25) is 15.1 Å². The number of fused-ring (bicyclic) bond motifs is 2. The van der Waals surface area contributed by atoms with E-state index >= 15 is 0 Å². The Kier molecular flexibility index (Phi) is 9.85. The Morgan fingerprint density at radius 2 is 1.85 bits per heavy atom. The van der Waals surface area contributed by atoms with Crippen LogP contribution in [-0.2, 0) is 6.42 Å². The van der Waals surface area contributed by atoms with Crippen LogP contribution in [0.25, 0.3) is 50.0 Å². The molecule has 0 unspecified atom stereocenters. The second-order valence-electron chi connectivity index (χ2n) is 12.6. The van der Waals surface area contributed by atoms with Crippen molar-refractivity contribution in [3.05, 3.63) is 96.2 Å². The van der Waals surface area contributed by atoms with Crippen LogP contribution in [0.5, 0.6) is 0 Å². The third-order valence-electron chi connectivity index (χ3n) is 8.90. The first kappa shape index (κ1) is 31.6. The number of H-pyrrole nitrogens is 2. The summed E-state index contributed by atoms with van der Waals surface area (Å²) in [4.78, 5) is 17.7. The molecule has 7 nitrogen and oxygen atoms in total. The summed E-state index contributed by atoms with van der Waals surface area (Å²) in [5.74, 6) is -0.245. The van der Waals surface area contributed by atoms with Crippen LogP contribution in [0.1, 0.15) is 50.3 Å². The molecule has 5 aromatic rings. The summed E-state index contributed by atoms with van der Waals surface area (Å²) < 4.78 is 14.8. The number of nitrogens with zero attached hydrogens (tertiary/aromatic N) is 5. The molecule has 238 valence electrons. The molecule has 1 aliphatic heterocycles. The summed E-state index contributed by atoms with van der Waals surface area (Å²) in [5.41, 5.74) is 9.11. The van der Waals surface area contributed by atoms with E-state index in [0.29, 0.717) is 0 Å². The zero-order valence-electron chi connectivity index (χ0n) is 27.2. The van der Waals surface area contributed by atoms with Crippen LogP contribution < -0.4 is 0 Å². The number of benzene rings is 1. The molecule has 1 fully saturated rings. The summed E-state index contributed by atoms with van der Waals surface area (Å²) in [6, 6.07) is 11.4. The molecule has 0 amide bonds. The van der Waals surface area contributed by atoms with Crippen LogP contribution in [0.3, 0.4) is 0 Å². The normalized spacial score (nSPS) is 14.7. The monoisotopic (exact) mass is 617 g/mol. The Bertz CT molecular complexity index is 1890. The molecule has 6 rings (SSSR count). The molecule has 0 saturated carbocycles. The van der Waals surface area contributed by atoms with E-state index in [-0.39, 0.29) is 5.82 Å². The molecule has 8 heteroatoms. The van der Waals surface area contributed by atoms with Crippen molar-refractivity contribution in [1.29, 1.82) is 0 Å². The Morgan fingerprint density at radius 1 is 1.02 bits per heavy atom. The number of halogens is 1. The predicted molar refractivity (Wildman–Crippen MR) is 188 cm³/mol. The second-order valence-corrected chi connectivity index (χ2v) is 12.6. The van der Waals surface area contributed by atoms with Crippen LogP contribution >= 0.6 is 0 Å². The Balaban J connectivity index is 1.28. The number of hydrogen-bond acceptors (Lipinski definition) is 5. The maximum absolute atomic E-state index is 14.8. The lowest BCUT2D eigenvalue weighted by Gasteiger charge is -2.14. The molecule has 5 heterocycles. The molecule has 1 aliphatic rings. The average molecular weight is 618 g/mol. The van der Waals surface area contributed by atoms with Gasteiger partial charge >= 0.3 is 0 Å². The number of hydrogen-bond donors (Lipinski definition) is 2. The van der Waals surface area contributed by atoms with E-state index < -0.39 is 0 Å². The van der Waals surface area contributed by atoms with Crippen molar-refractivity contribution in [1.82, 2.24) is 34.9 Å². The lowest BCUT2D eigenvalue weighted by Crippen LogP contribution is -2.20. The van der Waals surface area contributed by atoms with Crippen LogP contribution in [0.4, 0.5) is 4.39 Å². The highest BCUT2D eigenvalue weighted by atomic mass is 19.1. The molecule has 0 bridgehead atoms. The van der Waals surface area contributed by atoms with Gasteiger partial charge in [0.2, 0.25) is 0 Å². The van der Waals surface area contributed by atoms with E-state index in [9.17, 15) is 4.39 Å². The Labute approximate surface area is 270 Å². The van der Waals surface area contributed by atoms with E-state index in [1.165, 1.54) is 31.5 Å². The molecular formula is C38H44FN7. The summed E-state index contributed by atoms with van der Waals surface area (Å²) in [7, 11) is 4.11. The smallest absolute Gasteiger partial charge is 0.124 e. The maximum atomic E-state index is 14.8. The Morgan fingerprint density at radius 3 is 2.63 bits per heavy atom. The fourth-order valence-corrected chi connectivity index (χ4v) is 6.47. The van der Waals surface area contributed by atoms with Gasteiger partial charge in [-0.05, 0) is 145 Å². The molecule has 4 aromatic heterocycles. The number of likely N-dealkylation sites (tertiary alicyclic amines) is 1. The maximum Gasteiger partial charge on any atom is 0.124 e. The largest absolute Gasteiger partial charge is 0.353 e. The first-order chi connectivity index (χ1) is 22.4. The molecule has 0 radical (unpaired) electrons. The van der Waals surface area contributed by atoms with Gasteiger partial charge in [-0.15, -0.1) is 0 Å². The van der Waals surface area contributed by atoms with E-state index in [1.807, 2.05) is 25.3 Å². The van der Waals surface area contributed by atoms with Gasteiger partial charge in [0.25, 0.3) is 0 Å². The van der Waals surface area contributed by atoms with Crippen molar-refractivity contribution in [3.8, 4) is 22.6 Å². The van der Waals surface area contributed by atoms with Gasteiger partial charge in [0, 0.05) is 28.0 Å². The molecule has 1 saturated heterocycles. The third kappa shape index (κ3) is 7.19. The highest BCUT2D eigenvalue weighted by Crippen LogP contribution is 2.34. The number of allylic oxidation sites excluding steroid dienone is 5.